The van der Waals surface area contributed by atoms with Crippen LogP contribution in [-0.4, -0.2) is 9.97 Å². The zero-order chi connectivity index (χ0) is 12.2. The summed E-state index contributed by atoms with van der Waals surface area (Å²) in [6.45, 7) is 1.62. The maximum atomic E-state index is 4.18. The monoisotopic (exact) mass is 237 g/mol. The number of aromatic nitrogens is 2. The van der Waals surface area contributed by atoms with Crippen LogP contribution in [0.4, 0.5) is 0 Å². The summed E-state index contributed by atoms with van der Waals surface area (Å²) in [7, 11) is 0. The van der Waals surface area contributed by atoms with Crippen LogP contribution in [0.25, 0.3) is 10.8 Å². The molecule has 0 aliphatic carbocycles. The second-order valence-electron chi connectivity index (χ2n) is 4.32. The smallest absolute Gasteiger partial charge is 0.120 e. The van der Waals surface area contributed by atoms with Crippen LogP contribution in [0.2, 0.25) is 0 Å². The summed E-state index contributed by atoms with van der Waals surface area (Å²) in [6.07, 6.45) is 3.61. The highest BCUT2D eigenvalue weighted by Gasteiger charge is 1.97. The second kappa shape index (κ2) is 5.02. The Morgan fingerprint density at radius 3 is 2.72 bits per heavy atom. The van der Waals surface area contributed by atoms with Gasteiger partial charge in [0.25, 0.3) is 0 Å². The fourth-order valence-corrected chi connectivity index (χ4v) is 2.07. The number of H-pyrrole nitrogens is 1. The lowest BCUT2D eigenvalue weighted by atomic mass is 10.1. The number of nitrogens with one attached hydrogen (secondary N) is 2. The van der Waals surface area contributed by atoms with E-state index in [2.05, 4.69) is 57.7 Å². The van der Waals surface area contributed by atoms with Gasteiger partial charge in [0.15, 0.2) is 0 Å². The molecule has 3 nitrogen and oxygen atoms in total. The van der Waals surface area contributed by atoms with Crippen LogP contribution in [0.3, 0.4) is 0 Å². The van der Waals surface area contributed by atoms with Gasteiger partial charge in [-0.1, -0.05) is 36.4 Å². The first-order valence-electron chi connectivity index (χ1n) is 6.08. The molecular formula is C15H15N3. The first-order chi connectivity index (χ1) is 8.92. The molecule has 0 saturated carbocycles. The summed E-state index contributed by atoms with van der Waals surface area (Å²) in [5.74, 6) is 0.968. The second-order valence-corrected chi connectivity index (χ2v) is 4.32. The van der Waals surface area contributed by atoms with E-state index in [0.717, 1.165) is 18.9 Å². The highest BCUT2D eigenvalue weighted by atomic mass is 15.0. The fraction of sp³-hybridized carbons (Fsp3) is 0.133. The van der Waals surface area contributed by atoms with E-state index in [0.29, 0.717) is 0 Å². The first kappa shape index (κ1) is 11.0. The predicted octanol–water partition coefficient (Wildman–Crippen LogP) is 2.85. The third-order valence-electron chi connectivity index (χ3n) is 2.99. The van der Waals surface area contributed by atoms with Crippen LogP contribution in [0.1, 0.15) is 11.4 Å². The van der Waals surface area contributed by atoms with E-state index in [1.165, 1.54) is 16.3 Å². The Labute approximate surface area is 106 Å². The lowest BCUT2D eigenvalue weighted by Gasteiger charge is -2.05. The van der Waals surface area contributed by atoms with Crippen molar-refractivity contribution in [3.05, 3.63) is 66.2 Å². The van der Waals surface area contributed by atoms with E-state index in [4.69, 9.17) is 0 Å². The average molecular weight is 237 g/mol. The third kappa shape index (κ3) is 2.41. The van der Waals surface area contributed by atoms with E-state index in [1.807, 2.05) is 6.20 Å². The zero-order valence-electron chi connectivity index (χ0n) is 10.1. The van der Waals surface area contributed by atoms with Crippen molar-refractivity contribution in [3.63, 3.8) is 0 Å². The molecule has 1 heterocycles. The standard InChI is InChI=1S/C15H15N3/c1-2-4-14-9-12(5-6-13(14)3-1)10-16-11-15-17-7-8-18-15/h1-9,16H,10-11H2,(H,17,18). The van der Waals surface area contributed by atoms with Gasteiger partial charge in [0, 0.05) is 18.9 Å². The van der Waals surface area contributed by atoms with Crippen molar-refractivity contribution in [3.8, 4) is 0 Å². The lowest BCUT2D eigenvalue weighted by molar-refractivity contribution is 0.669. The van der Waals surface area contributed by atoms with Gasteiger partial charge in [-0.25, -0.2) is 4.98 Å². The van der Waals surface area contributed by atoms with E-state index >= 15 is 0 Å². The Kier molecular flexibility index (Phi) is 3.07. The van der Waals surface area contributed by atoms with Gasteiger partial charge in [-0.05, 0) is 22.4 Å². The van der Waals surface area contributed by atoms with Crippen LogP contribution in [-0.2, 0) is 13.1 Å². The van der Waals surface area contributed by atoms with Crippen LogP contribution in [0.15, 0.2) is 54.9 Å². The molecule has 0 aliphatic heterocycles. The van der Waals surface area contributed by atoms with Gasteiger partial charge in [-0.3, -0.25) is 0 Å². The average Bonchev–Trinajstić information content (AvgIpc) is 2.92. The molecule has 18 heavy (non-hydrogen) atoms. The first-order valence-corrected chi connectivity index (χ1v) is 6.08. The molecule has 3 aromatic rings. The molecule has 0 fully saturated rings. The maximum Gasteiger partial charge on any atom is 0.120 e. The predicted molar refractivity (Wildman–Crippen MR) is 73.1 cm³/mol. The molecule has 0 spiro atoms. The molecule has 0 bridgehead atoms. The summed E-state index contributed by atoms with van der Waals surface area (Å²) in [5, 5.41) is 5.95. The number of hydrogen-bond acceptors (Lipinski definition) is 2. The van der Waals surface area contributed by atoms with Gasteiger partial charge < -0.3 is 10.3 Å². The van der Waals surface area contributed by atoms with Crippen molar-refractivity contribution < 1.29 is 0 Å². The summed E-state index contributed by atoms with van der Waals surface area (Å²) in [5.41, 5.74) is 1.29. The minimum atomic E-state index is 0.764. The molecule has 2 N–H and O–H groups in total. The highest BCUT2D eigenvalue weighted by molar-refractivity contribution is 5.82. The summed E-state index contributed by atoms with van der Waals surface area (Å²) in [4.78, 5) is 7.26. The molecule has 0 saturated heterocycles. The van der Waals surface area contributed by atoms with Gasteiger partial charge in [-0.2, -0.15) is 0 Å². The number of imidazole rings is 1. The van der Waals surface area contributed by atoms with E-state index in [-0.39, 0.29) is 0 Å². The van der Waals surface area contributed by atoms with Crippen LogP contribution in [0, 0.1) is 0 Å². The minimum Gasteiger partial charge on any atom is -0.348 e. The van der Waals surface area contributed by atoms with Crippen molar-refractivity contribution in [1.82, 2.24) is 15.3 Å². The number of nitrogens with zero attached hydrogens (tertiary/aromatic N) is 1. The normalized spacial score (nSPS) is 10.9. The van der Waals surface area contributed by atoms with E-state index in [9.17, 15) is 0 Å². The van der Waals surface area contributed by atoms with E-state index in [1.54, 1.807) is 6.20 Å². The largest absolute Gasteiger partial charge is 0.348 e. The lowest BCUT2D eigenvalue weighted by Crippen LogP contribution is -2.13. The van der Waals surface area contributed by atoms with Gasteiger partial charge in [0.1, 0.15) is 5.82 Å². The van der Waals surface area contributed by atoms with Crippen molar-refractivity contribution in [2.24, 2.45) is 0 Å². The van der Waals surface area contributed by atoms with Gasteiger partial charge >= 0.3 is 0 Å². The quantitative estimate of drug-likeness (QED) is 0.732. The summed E-state index contributed by atoms with van der Waals surface area (Å²) in [6, 6.07) is 15.0. The zero-order valence-corrected chi connectivity index (χ0v) is 10.1. The molecule has 0 aliphatic rings. The number of benzene rings is 2. The summed E-state index contributed by atoms with van der Waals surface area (Å²) >= 11 is 0. The molecule has 0 unspecified atom stereocenters. The van der Waals surface area contributed by atoms with Crippen molar-refractivity contribution in [1.29, 1.82) is 0 Å². The molecule has 1 aromatic heterocycles. The summed E-state index contributed by atoms with van der Waals surface area (Å²) < 4.78 is 0. The number of rotatable bonds is 4. The Balaban J connectivity index is 1.67. The van der Waals surface area contributed by atoms with Gasteiger partial charge in [0.2, 0.25) is 0 Å². The molecule has 3 heteroatoms. The molecule has 90 valence electrons. The Hall–Kier alpha value is -2.13. The van der Waals surface area contributed by atoms with Crippen molar-refractivity contribution in [2.75, 3.05) is 0 Å². The Bertz CT molecular complexity index is 629. The van der Waals surface area contributed by atoms with Crippen molar-refractivity contribution in [2.45, 2.75) is 13.1 Å². The Morgan fingerprint density at radius 2 is 1.89 bits per heavy atom. The maximum absolute atomic E-state index is 4.18. The minimum absolute atomic E-state index is 0.764. The van der Waals surface area contributed by atoms with Gasteiger partial charge in [0.05, 0.1) is 6.54 Å². The van der Waals surface area contributed by atoms with Crippen molar-refractivity contribution >= 4 is 10.8 Å². The van der Waals surface area contributed by atoms with Crippen LogP contribution in [0.5, 0.6) is 0 Å². The van der Waals surface area contributed by atoms with Crippen LogP contribution < -0.4 is 5.32 Å². The SMILES string of the molecule is c1ccc2cc(CNCc3ncc[nH]3)ccc2c1. The number of hydrogen-bond donors (Lipinski definition) is 2. The Morgan fingerprint density at radius 1 is 1.00 bits per heavy atom. The van der Waals surface area contributed by atoms with Gasteiger partial charge in [-0.15, -0.1) is 0 Å². The van der Waals surface area contributed by atoms with E-state index < -0.39 is 0 Å². The van der Waals surface area contributed by atoms with Crippen LogP contribution >= 0.6 is 0 Å². The molecule has 2 aromatic carbocycles. The molecule has 0 radical (unpaired) electrons. The number of fused-ring (bicyclic) bond motifs is 1. The molecule has 0 atom stereocenters. The highest BCUT2D eigenvalue weighted by Crippen LogP contribution is 2.15. The topological polar surface area (TPSA) is 40.7 Å². The molecule has 0 amide bonds. The molecular weight excluding hydrogens is 222 g/mol. The number of aromatic amines is 1. The molecule has 3 rings (SSSR count). The fourth-order valence-electron chi connectivity index (χ4n) is 2.07. The third-order valence-corrected chi connectivity index (χ3v) is 2.99.